The first-order valence-electron chi connectivity index (χ1n) is 6.18. The van der Waals surface area contributed by atoms with Crippen LogP contribution < -0.4 is 0 Å². The van der Waals surface area contributed by atoms with E-state index in [4.69, 9.17) is 33.0 Å². The van der Waals surface area contributed by atoms with Gasteiger partial charge in [0.15, 0.2) is 6.04 Å². The molecule has 1 aromatic carbocycles. The number of aliphatic hydroxyl groups is 1. The molecule has 114 valence electrons. The molecule has 1 fully saturated rings. The summed E-state index contributed by atoms with van der Waals surface area (Å²) < 4.78 is 5.05. The highest BCUT2D eigenvalue weighted by atomic mass is 35.5. The van der Waals surface area contributed by atoms with E-state index >= 15 is 0 Å². The zero-order chi connectivity index (χ0) is 15.6. The molecular weight excluding hydrogens is 321 g/mol. The Hall–Kier alpha value is -1.50. The van der Waals surface area contributed by atoms with E-state index in [1.54, 1.807) is 12.1 Å². The van der Waals surface area contributed by atoms with Crippen LogP contribution >= 0.6 is 23.2 Å². The van der Waals surface area contributed by atoms with Gasteiger partial charge in [-0.15, -0.1) is 0 Å². The van der Waals surface area contributed by atoms with Crippen molar-refractivity contribution in [1.82, 2.24) is 4.90 Å². The summed E-state index contributed by atoms with van der Waals surface area (Å²) in [5.74, 6) is -1.26. The van der Waals surface area contributed by atoms with Gasteiger partial charge in [-0.05, 0) is 18.6 Å². The third-order valence-electron chi connectivity index (χ3n) is 3.22. The molecule has 2 N–H and O–H groups in total. The lowest BCUT2D eigenvalue weighted by molar-refractivity contribution is -0.144. The maximum Gasteiger partial charge on any atom is 0.410 e. The molecule has 1 saturated heterocycles. The van der Waals surface area contributed by atoms with Crippen LogP contribution in [0, 0.1) is 0 Å². The van der Waals surface area contributed by atoms with E-state index < -0.39 is 24.2 Å². The minimum Gasteiger partial charge on any atom is -0.480 e. The van der Waals surface area contributed by atoms with E-state index in [9.17, 15) is 14.7 Å². The van der Waals surface area contributed by atoms with E-state index in [1.165, 1.54) is 6.07 Å². The summed E-state index contributed by atoms with van der Waals surface area (Å²) in [6, 6.07) is 3.46. The molecule has 8 heteroatoms. The first kappa shape index (κ1) is 15.9. The van der Waals surface area contributed by atoms with Crippen LogP contribution in [0.3, 0.4) is 0 Å². The first-order chi connectivity index (χ1) is 9.90. The highest BCUT2D eigenvalue weighted by molar-refractivity contribution is 6.35. The Morgan fingerprint density at radius 2 is 2.10 bits per heavy atom. The zero-order valence-electron chi connectivity index (χ0n) is 10.8. The Morgan fingerprint density at radius 3 is 2.71 bits per heavy atom. The van der Waals surface area contributed by atoms with Crippen molar-refractivity contribution in [3.05, 3.63) is 33.8 Å². The van der Waals surface area contributed by atoms with E-state index in [2.05, 4.69) is 0 Å². The number of carboxylic acid groups (broad SMARTS) is 1. The van der Waals surface area contributed by atoms with Crippen molar-refractivity contribution < 1.29 is 24.5 Å². The second-order valence-electron chi connectivity index (χ2n) is 4.62. The van der Waals surface area contributed by atoms with Crippen LogP contribution in [0.2, 0.25) is 10.0 Å². The summed E-state index contributed by atoms with van der Waals surface area (Å²) in [5, 5.41) is 19.4. The number of nitrogens with zero attached hydrogens (tertiary/aromatic N) is 1. The molecule has 0 radical (unpaired) electrons. The summed E-state index contributed by atoms with van der Waals surface area (Å²) in [4.78, 5) is 24.0. The number of rotatable bonds is 3. The molecular formula is C13H13Cl2NO5. The third kappa shape index (κ3) is 3.58. The standard InChI is InChI=1S/C13H13Cl2NO5/c14-8-2-1-7(9(15)5-8)6-21-13(20)16-4-3-10(17)11(16)12(18)19/h1-2,5,10-11,17H,3-4,6H2,(H,18,19). The number of likely N-dealkylation sites (tertiary alicyclic amines) is 1. The highest BCUT2D eigenvalue weighted by Gasteiger charge is 2.41. The van der Waals surface area contributed by atoms with Crippen molar-refractivity contribution in [3.63, 3.8) is 0 Å². The Balaban J connectivity index is 2.00. The molecule has 21 heavy (non-hydrogen) atoms. The van der Waals surface area contributed by atoms with Gasteiger partial charge in [0.1, 0.15) is 6.61 Å². The quantitative estimate of drug-likeness (QED) is 0.884. The minimum atomic E-state index is -1.28. The van der Waals surface area contributed by atoms with Crippen molar-refractivity contribution in [1.29, 1.82) is 0 Å². The fourth-order valence-corrected chi connectivity index (χ4v) is 2.60. The van der Waals surface area contributed by atoms with Crippen molar-refractivity contribution in [2.45, 2.75) is 25.2 Å². The molecule has 1 heterocycles. The van der Waals surface area contributed by atoms with Crippen LogP contribution in [0.4, 0.5) is 4.79 Å². The van der Waals surface area contributed by atoms with Gasteiger partial charge in [-0.3, -0.25) is 4.90 Å². The lowest BCUT2D eigenvalue weighted by Crippen LogP contribution is -2.45. The molecule has 1 aliphatic rings. The SMILES string of the molecule is O=C(O)C1C(O)CCN1C(=O)OCc1ccc(Cl)cc1Cl. The number of carbonyl (C=O) groups excluding carboxylic acids is 1. The molecule has 6 nitrogen and oxygen atoms in total. The van der Waals surface area contributed by atoms with Crippen molar-refractivity contribution >= 4 is 35.3 Å². The van der Waals surface area contributed by atoms with E-state index in [0.29, 0.717) is 15.6 Å². The Labute approximate surface area is 130 Å². The topological polar surface area (TPSA) is 87.1 Å². The third-order valence-corrected chi connectivity index (χ3v) is 3.81. The molecule has 0 aliphatic carbocycles. The van der Waals surface area contributed by atoms with E-state index in [-0.39, 0.29) is 19.6 Å². The molecule has 1 aliphatic heterocycles. The largest absolute Gasteiger partial charge is 0.480 e. The average Bonchev–Trinajstić information content (AvgIpc) is 2.79. The van der Waals surface area contributed by atoms with Gasteiger partial charge >= 0.3 is 12.1 Å². The van der Waals surface area contributed by atoms with Gasteiger partial charge in [0.2, 0.25) is 0 Å². The molecule has 2 unspecified atom stereocenters. The highest BCUT2D eigenvalue weighted by Crippen LogP contribution is 2.23. The van der Waals surface area contributed by atoms with Gasteiger partial charge in [0.25, 0.3) is 0 Å². The number of carbonyl (C=O) groups is 2. The summed E-state index contributed by atoms with van der Waals surface area (Å²) in [6.07, 6.45) is -1.69. The lowest BCUT2D eigenvalue weighted by Gasteiger charge is -2.22. The average molecular weight is 334 g/mol. The van der Waals surface area contributed by atoms with Crippen molar-refractivity contribution in [2.75, 3.05) is 6.54 Å². The molecule has 1 aromatic rings. The van der Waals surface area contributed by atoms with Crippen LogP contribution in [0.5, 0.6) is 0 Å². The number of hydrogen-bond acceptors (Lipinski definition) is 4. The number of aliphatic hydroxyl groups excluding tert-OH is 1. The Morgan fingerprint density at radius 1 is 1.38 bits per heavy atom. The molecule has 2 atom stereocenters. The van der Waals surface area contributed by atoms with E-state index in [1.807, 2.05) is 0 Å². The molecule has 0 bridgehead atoms. The van der Waals surface area contributed by atoms with Crippen molar-refractivity contribution in [3.8, 4) is 0 Å². The first-order valence-corrected chi connectivity index (χ1v) is 6.94. The van der Waals surface area contributed by atoms with Crippen LogP contribution in [0.1, 0.15) is 12.0 Å². The number of ether oxygens (including phenoxy) is 1. The molecule has 0 saturated carbocycles. The summed E-state index contributed by atoms with van der Waals surface area (Å²) >= 11 is 11.7. The van der Waals surface area contributed by atoms with Crippen LogP contribution in [0.15, 0.2) is 18.2 Å². The second-order valence-corrected chi connectivity index (χ2v) is 5.47. The number of halogens is 2. The van der Waals surface area contributed by atoms with Crippen LogP contribution in [-0.2, 0) is 16.1 Å². The van der Waals surface area contributed by atoms with Gasteiger partial charge in [0, 0.05) is 22.2 Å². The minimum absolute atomic E-state index is 0.103. The number of amides is 1. The smallest absolute Gasteiger partial charge is 0.410 e. The molecule has 0 aromatic heterocycles. The monoisotopic (exact) mass is 333 g/mol. The number of carboxylic acids is 1. The normalized spacial score (nSPS) is 21.4. The second kappa shape index (κ2) is 6.51. The van der Waals surface area contributed by atoms with E-state index in [0.717, 1.165) is 4.90 Å². The molecule has 2 rings (SSSR count). The predicted octanol–water partition coefficient (Wildman–Crippen LogP) is 2.15. The summed E-state index contributed by atoms with van der Waals surface area (Å²) in [6.45, 7) is 0.0269. The fraction of sp³-hybridized carbons (Fsp3) is 0.385. The zero-order valence-corrected chi connectivity index (χ0v) is 12.3. The van der Waals surface area contributed by atoms with Gasteiger partial charge in [0.05, 0.1) is 6.10 Å². The number of hydrogen-bond donors (Lipinski definition) is 2. The van der Waals surface area contributed by atoms with Crippen LogP contribution in [0.25, 0.3) is 0 Å². The maximum atomic E-state index is 11.9. The van der Waals surface area contributed by atoms with Crippen LogP contribution in [-0.4, -0.2) is 45.9 Å². The number of benzene rings is 1. The fourth-order valence-electron chi connectivity index (χ4n) is 2.14. The van der Waals surface area contributed by atoms with Gasteiger partial charge < -0.3 is 14.9 Å². The van der Waals surface area contributed by atoms with Gasteiger partial charge in [-0.25, -0.2) is 9.59 Å². The Bertz CT molecular complexity index is 565. The number of aliphatic carboxylic acids is 1. The maximum absolute atomic E-state index is 11.9. The summed E-state index contributed by atoms with van der Waals surface area (Å²) in [5.41, 5.74) is 0.557. The molecule has 0 spiro atoms. The predicted molar refractivity (Wildman–Crippen MR) is 75.4 cm³/mol. The Kier molecular flexibility index (Phi) is 4.92. The van der Waals surface area contributed by atoms with Crippen molar-refractivity contribution in [2.24, 2.45) is 0 Å². The van der Waals surface area contributed by atoms with Gasteiger partial charge in [-0.2, -0.15) is 0 Å². The molecule has 1 amide bonds. The summed E-state index contributed by atoms with van der Waals surface area (Å²) in [7, 11) is 0. The lowest BCUT2D eigenvalue weighted by atomic mass is 10.2. The van der Waals surface area contributed by atoms with Gasteiger partial charge in [-0.1, -0.05) is 29.3 Å².